The zero-order valence-corrected chi connectivity index (χ0v) is 10.7. The largest absolute Gasteiger partial charge is 0.373 e. The smallest absolute Gasteiger partial charge is 0.136 e. The van der Waals surface area contributed by atoms with E-state index in [1.54, 1.807) is 11.3 Å². The Morgan fingerprint density at radius 2 is 2.29 bits per heavy atom. The third-order valence-electron chi connectivity index (χ3n) is 3.13. The van der Waals surface area contributed by atoms with E-state index in [9.17, 15) is 0 Å². The van der Waals surface area contributed by atoms with E-state index >= 15 is 0 Å². The van der Waals surface area contributed by atoms with Gasteiger partial charge in [0.25, 0.3) is 0 Å². The van der Waals surface area contributed by atoms with Gasteiger partial charge in [0, 0.05) is 29.6 Å². The first-order valence-electron chi connectivity index (χ1n) is 5.95. The second kappa shape index (κ2) is 4.45. The molecule has 0 aromatic carbocycles. The fraction of sp³-hybridized carbons (Fsp3) is 0.385. The first-order chi connectivity index (χ1) is 8.36. The monoisotopic (exact) mass is 245 g/mol. The highest BCUT2D eigenvalue weighted by Crippen LogP contribution is 2.26. The normalized spacial score (nSPS) is 13.7. The van der Waals surface area contributed by atoms with Gasteiger partial charge in [-0.2, -0.15) is 0 Å². The van der Waals surface area contributed by atoms with Gasteiger partial charge in [-0.25, -0.2) is 9.97 Å². The van der Waals surface area contributed by atoms with Gasteiger partial charge in [-0.1, -0.05) is 6.07 Å². The Hall–Kier alpha value is -1.42. The van der Waals surface area contributed by atoms with Gasteiger partial charge in [0.05, 0.1) is 0 Å². The number of aryl methyl sites for hydroxylation is 1. The number of aromatic nitrogens is 2. The van der Waals surface area contributed by atoms with Crippen molar-refractivity contribution in [1.82, 2.24) is 9.97 Å². The molecule has 3 nitrogen and oxygen atoms in total. The van der Waals surface area contributed by atoms with Crippen LogP contribution in [0.4, 0.5) is 5.82 Å². The number of hydrogen-bond donors (Lipinski definition) is 1. The molecule has 0 atom stereocenters. The maximum absolute atomic E-state index is 4.69. The summed E-state index contributed by atoms with van der Waals surface area (Å²) in [4.78, 5) is 10.6. The van der Waals surface area contributed by atoms with E-state index in [1.807, 2.05) is 7.05 Å². The van der Waals surface area contributed by atoms with Crippen LogP contribution in [-0.2, 0) is 19.3 Å². The molecule has 0 saturated heterocycles. The Kier molecular flexibility index (Phi) is 2.81. The van der Waals surface area contributed by atoms with Crippen LogP contribution in [-0.4, -0.2) is 17.0 Å². The molecule has 0 spiro atoms. The van der Waals surface area contributed by atoms with Crippen LogP contribution in [0.3, 0.4) is 0 Å². The fourth-order valence-electron chi connectivity index (χ4n) is 2.34. The van der Waals surface area contributed by atoms with Crippen molar-refractivity contribution in [3.8, 4) is 0 Å². The van der Waals surface area contributed by atoms with Crippen LogP contribution in [0, 0.1) is 0 Å². The summed E-state index contributed by atoms with van der Waals surface area (Å²) in [7, 11) is 1.94. The second-order valence-electron chi connectivity index (χ2n) is 4.27. The van der Waals surface area contributed by atoms with E-state index in [1.165, 1.54) is 22.6 Å². The summed E-state index contributed by atoms with van der Waals surface area (Å²) in [6, 6.07) is 4.21. The number of anilines is 1. The third kappa shape index (κ3) is 2.05. The predicted molar refractivity (Wildman–Crippen MR) is 70.7 cm³/mol. The molecule has 17 heavy (non-hydrogen) atoms. The molecule has 0 saturated carbocycles. The van der Waals surface area contributed by atoms with Gasteiger partial charge in [-0.15, -0.1) is 11.3 Å². The Morgan fingerprint density at radius 1 is 1.35 bits per heavy atom. The Balaban J connectivity index is 1.95. The first-order valence-corrected chi connectivity index (χ1v) is 6.83. The molecule has 0 aliphatic heterocycles. The quantitative estimate of drug-likeness (QED) is 0.903. The molecule has 0 unspecified atom stereocenters. The number of hydrogen-bond acceptors (Lipinski definition) is 4. The number of nitrogens with zero attached hydrogens (tertiary/aromatic N) is 2. The maximum atomic E-state index is 4.69. The lowest BCUT2D eigenvalue weighted by molar-refractivity contribution is 0.887. The van der Waals surface area contributed by atoms with E-state index in [-0.39, 0.29) is 0 Å². The molecule has 1 N–H and O–H groups in total. The molecule has 4 heteroatoms. The average molecular weight is 245 g/mol. The van der Waals surface area contributed by atoms with E-state index in [2.05, 4.69) is 27.8 Å². The van der Waals surface area contributed by atoms with E-state index in [4.69, 9.17) is 4.98 Å². The fourth-order valence-corrected chi connectivity index (χ4v) is 3.04. The third-order valence-corrected chi connectivity index (χ3v) is 4.01. The highest BCUT2D eigenvalue weighted by molar-refractivity contribution is 7.09. The molecule has 0 amide bonds. The van der Waals surface area contributed by atoms with Crippen molar-refractivity contribution >= 4 is 17.2 Å². The van der Waals surface area contributed by atoms with Gasteiger partial charge in [-0.05, 0) is 30.7 Å². The Labute approximate surface area is 105 Å². The maximum Gasteiger partial charge on any atom is 0.136 e. The number of fused-ring (bicyclic) bond motifs is 1. The molecule has 1 aliphatic carbocycles. The van der Waals surface area contributed by atoms with Crippen LogP contribution in [0.1, 0.15) is 28.4 Å². The lowest BCUT2D eigenvalue weighted by Gasteiger charge is -2.08. The zero-order chi connectivity index (χ0) is 11.7. The molecule has 0 bridgehead atoms. The van der Waals surface area contributed by atoms with Crippen molar-refractivity contribution in [2.24, 2.45) is 0 Å². The molecule has 2 heterocycles. The van der Waals surface area contributed by atoms with Crippen LogP contribution in [0.15, 0.2) is 17.5 Å². The van der Waals surface area contributed by atoms with Gasteiger partial charge in [0.15, 0.2) is 0 Å². The molecule has 0 fully saturated rings. The first kappa shape index (κ1) is 10.7. The minimum absolute atomic E-state index is 0.847. The highest BCUT2D eigenvalue weighted by atomic mass is 32.1. The summed E-state index contributed by atoms with van der Waals surface area (Å²) in [5, 5.41) is 5.30. The van der Waals surface area contributed by atoms with Crippen LogP contribution in [0.5, 0.6) is 0 Å². The van der Waals surface area contributed by atoms with Crippen molar-refractivity contribution in [1.29, 1.82) is 0 Å². The van der Waals surface area contributed by atoms with Gasteiger partial charge in [0.2, 0.25) is 0 Å². The van der Waals surface area contributed by atoms with Crippen LogP contribution >= 0.6 is 11.3 Å². The van der Waals surface area contributed by atoms with E-state index in [0.717, 1.165) is 30.9 Å². The molecular formula is C13H15N3S. The van der Waals surface area contributed by atoms with Gasteiger partial charge in [0.1, 0.15) is 11.6 Å². The van der Waals surface area contributed by atoms with E-state index < -0.39 is 0 Å². The molecule has 2 aromatic heterocycles. The van der Waals surface area contributed by atoms with Gasteiger partial charge < -0.3 is 5.32 Å². The minimum Gasteiger partial charge on any atom is -0.373 e. The van der Waals surface area contributed by atoms with Crippen LogP contribution in [0.2, 0.25) is 0 Å². The van der Waals surface area contributed by atoms with E-state index in [0.29, 0.717) is 0 Å². The number of thiophene rings is 1. The summed E-state index contributed by atoms with van der Waals surface area (Å²) in [5.74, 6) is 1.97. The van der Waals surface area contributed by atoms with Crippen LogP contribution in [0.25, 0.3) is 0 Å². The van der Waals surface area contributed by atoms with Crippen molar-refractivity contribution in [2.75, 3.05) is 12.4 Å². The van der Waals surface area contributed by atoms with Gasteiger partial charge in [-0.3, -0.25) is 0 Å². The topological polar surface area (TPSA) is 37.8 Å². The van der Waals surface area contributed by atoms with Crippen molar-refractivity contribution in [3.63, 3.8) is 0 Å². The molecule has 88 valence electrons. The van der Waals surface area contributed by atoms with Crippen LogP contribution < -0.4 is 5.32 Å². The van der Waals surface area contributed by atoms with Crippen molar-refractivity contribution in [2.45, 2.75) is 25.7 Å². The van der Waals surface area contributed by atoms with Crippen molar-refractivity contribution in [3.05, 3.63) is 39.5 Å². The predicted octanol–water partition coefficient (Wildman–Crippen LogP) is 2.66. The molecule has 1 aliphatic rings. The molecule has 2 aromatic rings. The number of rotatable bonds is 3. The lowest BCUT2D eigenvalue weighted by atomic mass is 10.2. The standard InChI is InChI=1S/C13H15N3S/c1-14-13-10-5-2-6-11(10)15-12(16-13)8-9-4-3-7-17-9/h3-4,7H,2,5-6,8H2,1H3,(H,14,15,16). The summed E-state index contributed by atoms with van der Waals surface area (Å²) < 4.78 is 0. The average Bonchev–Trinajstić information content (AvgIpc) is 2.98. The molecular weight excluding hydrogens is 230 g/mol. The lowest BCUT2D eigenvalue weighted by Crippen LogP contribution is -2.05. The summed E-state index contributed by atoms with van der Waals surface area (Å²) >= 11 is 1.76. The SMILES string of the molecule is CNc1nc(Cc2cccs2)nc2c1CCC2. The summed E-state index contributed by atoms with van der Waals surface area (Å²) in [6.45, 7) is 0. The number of nitrogens with one attached hydrogen (secondary N) is 1. The summed E-state index contributed by atoms with van der Waals surface area (Å²) in [5.41, 5.74) is 2.57. The molecule has 0 radical (unpaired) electrons. The second-order valence-corrected chi connectivity index (χ2v) is 5.31. The Morgan fingerprint density at radius 3 is 3.06 bits per heavy atom. The highest BCUT2D eigenvalue weighted by Gasteiger charge is 2.18. The van der Waals surface area contributed by atoms with Gasteiger partial charge >= 0.3 is 0 Å². The molecule has 3 rings (SSSR count). The van der Waals surface area contributed by atoms with Crippen molar-refractivity contribution < 1.29 is 0 Å². The zero-order valence-electron chi connectivity index (χ0n) is 9.86. The minimum atomic E-state index is 0.847. The Bertz CT molecular complexity index is 520. The summed E-state index contributed by atoms with van der Waals surface area (Å²) in [6.07, 6.45) is 4.27.